The van der Waals surface area contributed by atoms with E-state index < -0.39 is 23.2 Å². The van der Waals surface area contributed by atoms with Gasteiger partial charge in [0, 0.05) is 11.6 Å². The van der Waals surface area contributed by atoms with Crippen molar-refractivity contribution in [3.8, 4) is 0 Å². The fourth-order valence-corrected chi connectivity index (χ4v) is 1.80. The summed E-state index contributed by atoms with van der Waals surface area (Å²) >= 11 is 0. The zero-order chi connectivity index (χ0) is 14.4. The first-order chi connectivity index (χ1) is 8.95. The molecule has 0 aromatic heterocycles. The molecule has 106 valence electrons. The Hall–Kier alpha value is -1.65. The first kappa shape index (κ1) is 15.4. The summed E-state index contributed by atoms with van der Waals surface area (Å²) in [6, 6.07) is 1.88. The molecule has 0 saturated carbocycles. The molecule has 1 rings (SSSR count). The molecule has 0 spiro atoms. The van der Waals surface area contributed by atoms with Crippen molar-refractivity contribution in [3.05, 3.63) is 29.3 Å². The Morgan fingerprint density at radius 2 is 1.89 bits per heavy atom. The molecule has 0 aliphatic rings. The van der Waals surface area contributed by atoms with E-state index in [0.717, 1.165) is 37.8 Å². The quantitative estimate of drug-likeness (QED) is 0.616. The standard InChI is InChI=1S/C14H20F2N2O/c1-3-4-5-6-9(2)18-14(19)10-7-11(15)13(17)12(16)8-10/h7-9H,3-6,17H2,1-2H3,(H,18,19). The summed E-state index contributed by atoms with van der Waals surface area (Å²) in [4.78, 5) is 11.8. The van der Waals surface area contributed by atoms with Gasteiger partial charge in [-0.05, 0) is 25.5 Å². The first-order valence-electron chi connectivity index (χ1n) is 6.51. The fraction of sp³-hybridized carbons (Fsp3) is 0.500. The summed E-state index contributed by atoms with van der Waals surface area (Å²) in [5, 5.41) is 2.72. The van der Waals surface area contributed by atoms with E-state index in [1.807, 2.05) is 6.92 Å². The number of anilines is 1. The first-order valence-corrected chi connectivity index (χ1v) is 6.51. The monoisotopic (exact) mass is 270 g/mol. The van der Waals surface area contributed by atoms with Crippen molar-refractivity contribution in [1.82, 2.24) is 5.32 Å². The van der Waals surface area contributed by atoms with Crippen LogP contribution in [0.4, 0.5) is 14.5 Å². The van der Waals surface area contributed by atoms with Crippen LogP contribution < -0.4 is 11.1 Å². The molecule has 1 aromatic carbocycles. The lowest BCUT2D eigenvalue weighted by Crippen LogP contribution is -2.32. The van der Waals surface area contributed by atoms with Gasteiger partial charge >= 0.3 is 0 Å². The van der Waals surface area contributed by atoms with Crippen LogP contribution in [0.15, 0.2) is 12.1 Å². The lowest BCUT2D eigenvalue weighted by Gasteiger charge is -2.14. The molecule has 1 unspecified atom stereocenters. The van der Waals surface area contributed by atoms with E-state index in [1.165, 1.54) is 0 Å². The molecule has 0 saturated heterocycles. The Balaban J connectivity index is 2.63. The van der Waals surface area contributed by atoms with Crippen LogP contribution in [0.25, 0.3) is 0 Å². The van der Waals surface area contributed by atoms with Crippen LogP contribution in [0.1, 0.15) is 49.9 Å². The van der Waals surface area contributed by atoms with Gasteiger partial charge in [-0.1, -0.05) is 26.2 Å². The largest absolute Gasteiger partial charge is 0.394 e. The average molecular weight is 270 g/mol. The lowest BCUT2D eigenvalue weighted by atomic mass is 10.1. The lowest BCUT2D eigenvalue weighted by molar-refractivity contribution is 0.0937. The van der Waals surface area contributed by atoms with Gasteiger partial charge in [-0.3, -0.25) is 4.79 Å². The molecule has 1 amide bonds. The summed E-state index contributed by atoms with van der Waals surface area (Å²) in [5.41, 5.74) is 4.54. The van der Waals surface area contributed by atoms with E-state index in [0.29, 0.717) is 0 Å². The Kier molecular flexibility index (Phi) is 5.73. The molecule has 0 bridgehead atoms. The minimum Gasteiger partial charge on any atom is -0.394 e. The van der Waals surface area contributed by atoms with Crippen molar-refractivity contribution in [2.75, 3.05) is 5.73 Å². The van der Waals surface area contributed by atoms with Gasteiger partial charge in [0.25, 0.3) is 5.91 Å². The Bertz CT molecular complexity index is 426. The van der Waals surface area contributed by atoms with E-state index in [1.54, 1.807) is 0 Å². The fourth-order valence-electron chi connectivity index (χ4n) is 1.80. The van der Waals surface area contributed by atoms with Crippen LogP contribution in [-0.4, -0.2) is 11.9 Å². The minimum absolute atomic E-state index is 0.0253. The van der Waals surface area contributed by atoms with Crippen molar-refractivity contribution in [1.29, 1.82) is 0 Å². The summed E-state index contributed by atoms with van der Waals surface area (Å²) in [6.07, 6.45) is 4.07. The number of hydrogen-bond donors (Lipinski definition) is 2. The number of hydrogen-bond acceptors (Lipinski definition) is 2. The van der Waals surface area contributed by atoms with Gasteiger partial charge in [0.15, 0.2) is 0 Å². The molecule has 5 heteroatoms. The number of nitrogen functional groups attached to an aromatic ring is 1. The number of carbonyl (C=O) groups is 1. The Morgan fingerprint density at radius 1 is 1.32 bits per heavy atom. The maximum atomic E-state index is 13.2. The number of nitrogens with two attached hydrogens (primary N) is 1. The molecular formula is C14H20F2N2O. The summed E-state index contributed by atoms with van der Waals surface area (Å²) < 4.78 is 26.5. The highest BCUT2D eigenvalue weighted by Crippen LogP contribution is 2.17. The second-order valence-electron chi connectivity index (χ2n) is 4.72. The second kappa shape index (κ2) is 7.07. The second-order valence-corrected chi connectivity index (χ2v) is 4.72. The number of carbonyl (C=O) groups excluding carboxylic acids is 1. The predicted octanol–water partition coefficient (Wildman–Crippen LogP) is 3.25. The summed E-state index contributed by atoms with van der Waals surface area (Å²) in [6.45, 7) is 3.97. The summed E-state index contributed by atoms with van der Waals surface area (Å²) in [7, 11) is 0. The van der Waals surface area contributed by atoms with Gasteiger partial charge in [-0.2, -0.15) is 0 Å². The molecule has 1 aromatic rings. The number of rotatable bonds is 6. The van der Waals surface area contributed by atoms with Gasteiger partial charge in [-0.25, -0.2) is 8.78 Å². The van der Waals surface area contributed by atoms with E-state index >= 15 is 0 Å². The zero-order valence-electron chi connectivity index (χ0n) is 11.3. The van der Waals surface area contributed by atoms with Crippen molar-refractivity contribution >= 4 is 11.6 Å². The van der Waals surface area contributed by atoms with E-state index in [9.17, 15) is 13.6 Å². The minimum atomic E-state index is -0.913. The normalized spacial score (nSPS) is 12.2. The highest BCUT2D eigenvalue weighted by atomic mass is 19.1. The van der Waals surface area contributed by atoms with Gasteiger partial charge in [0.05, 0.1) is 0 Å². The zero-order valence-corrected chi connectivity index (χ0v) is 11.3. The van der Waals surface area contributed by atoms with Gasteiger partial charge < -0.3 is 11.1 Å². The van der Waals surface area contributed by atoms with Gasteiger partial charge in [0.1, 0.15) is 17.3 Å². The van der Waals surface area contributed by atoms with E-state index in [-0.39, 0.29) is 11.6 Å². The van der Waals surface area contributed by atoms with Crippen molar-refractivity contribution in [2.24, 2.45) is 0 Å². The highest BCUT2D eigenvalue weighted by Gasteiger charge is 2.14. The van der Waals surface area contributed by atoms with Gasteiger partial charge in [-0.15, -0.1) is 0 Å². The number of nitrogens with one attached hydrogen (secondary N) is 1. The average Bonchev–Trinajstić information content (AvgIpc) is 2.35. The number of benzene rings is 1. The van der Waals surface area contributed by atoms with Crippen molar-refractivity contribution < 1.29 is 13.6 Å². The summed E-state index contributed by atoms with van der Waals surface area (Å²) in [5.74, 6) is -2.31. The topological polar surface area (TPSA) is 55.1 Å². The molecule has 0 radical (unpaired) electrons. The maximum Gasteiger partial charge on any atom is 0.251 e. The van der Waals surface area contributed by atoms with E-state index in [2.05, 4.69) is 12.2 Å². The highest BCUT2D eigenvalue weighted by molar-refractivity contribution is 5.94. The van der Waals surface area contributed by atoms with Crippen LogP contribution in [0.2, 0.25) is 0 Å². The van der Waals surface area contributed by atoms with E-state index in [4.69, 9.17) is 5.73 Å². The third kappa shape index (κ3) is 4.50. The van der Waals surface area contributed by atoms with Crippen LogP contribution in [0.3, 0.4) is 0 Å². The van der Waals surface area contributed by atoms with Crippen LogP contribution in [0, 0.1) is 11.6 Å². The SMILES string of the molecule is CCCCCC(C)NC(=O)c1cc(F)c(N)c(F)c1. The molecule has 0 aliphatic heterocycles. The molecule has 1 atom stereocenters. The van der Waals surface area contributed by atoms with Crippen LogP contribution in [0.5, 0.6) is 0 Å². The van der Waals surface area contributed by atoms with Gasteiger partial charge in [0.2, 0.25) is 0 Å². The smallest absolute Gasteiger partial charge is 0.251 e. The molecule has 19 heavy (non-hydrogen) atoms. The number of amides is 1. The number of halogens is 2. The molecule has 0 heterocycles. The molecule has 3 N–H and O–H groups in total. The Labute approximate surface area is 112 Å². The Morgan fingerprint density at radius 3 is 2.42 bits per heavy atom. The molecule has 3 nitrogen and oxygen atoms in total. The maximum absolute atomic E-state index is 13.2. The molecular weight excluding hydrogens is 250 g/mol. The van der Waals surface area contributed by atoms with Crippen molar-refractivity contribution in [2.45, 2.75) is 45.6 Å². The van der Waals surface area contributed by atoms with Crippen LogP contribution in [-0.2, 0) is 0 Å². The third-order valence-electron chi connectivity index (χ3n) is 2.96. The number of unbranched alkanes of at least 4 members (excludes halogenated alkanes) is 2. The molecule has 0 fully saturated rings. The third-order valence-corrected chi connectivity index (χ3v) is 2.96. The molecule has 0 aliphatic carbocycles. The van der Waals surface area contributed by atoms with Crippen LogP contribution >= 0.6 is 0 Å². The van der Waals surface area contributed by atoms with Crippen molar-refractivity contribution in [3.63, 3.8) is 0 Å². The predicted molar refractivity (Wildman–Crippen MR) is 71.8 cm³/mol.